The predicted molar refractivity (Wildman–Crippen MR) is 65.3 cm³/mol. The molecule has 2 nitrogen and oxygen atoms in total. The lowest BCUT2D eigenvalue weighted by Gasteiger charge is -2.45. The smallest absolute Gasteiger partial charge is 0.181 e. The van der Waals surface area contributed by atoms with Gasteiger partial charge < -0.3 is 0 Å². The first kappa shape index (κ1) is 10.7. The minimum absolute atomic E-state index is 0.0506. The highest BCUT2D eigenvalue weighted by molar-refractivity contribution is 6.07. The molecule has 0 aromatic carbocycles. The molecule has 0 unspecified atom stereocenters. The Kier molecular flexibility index (Phi) is 2.22. The van der Waals surface area contributed by atoms with E-state index in [2.05, 4.69) is 13.0 Å². The number of hydrogen-bond donors (Lipinski definition) is 0. The van der Waals surface area contributed by atoms with Crippen molar-refractivity contribution in [3.05, 3.63) is 36.0 Å². The van der Waals surface area contributed by atoms with Gasteiger partial charge in [-0.1, -0.05) is 25.2 Å². The number of hydrogen-bond acceptors (Lipinski definition) is 2. The third-order valence-electron chi connectivity index (χ3n) is 4.64. The lowest BCUT2D eigenvalue weighted by molar-refractivity contribution is -0.118. The van der Waals surface area contributed by atoms with E-state index in [1.807, 2.05) is 12.2 Å². The highest BCUT2D eigenvalue weighted by Crippen LogP contribution is 2.53. The molecule has 3 aliphatic carbocycles. The van der Waals surface area contributed by atoms with Crippen LogP contribution in [-0.4, -0.2) is 11.6 Å². The van der Waals surface area contributed by atoms with Gasteiger partial charge in [-0.2, -0.15) is 0 Å². The van der Waals surface area contributed by atoms with Crippen molar-refractivity contribution in [3.8, 4) is 0 Å². The van der Waals surface area contributed by atoms with Crippen LogP contribution in [0.5, 0.6) is 0 Å². The molecular formula is C15H16O2. The molecular weight excluding hydrogens is 212 g/mol. The van der Waals surface area contributed by atoms with Crippen LogP contribution in [0.25, 0.3) is 0 Å². The van der Waals surface area contributed by atoms with Gasteiger partial charge >= 0.3 is 0 Å². The average Bonchev–Trinajstić information content (AvgIpc) is 2.70. The van der Waals surface area contributed by atoms with E-state index >= 15 is 0 Å². The maximum atomic E-state index is 11.7. The monoisotopic (exact) mass is 228 g/mol. The van der Waals surface area contributed by atoms with Crippen LogP contribution in [0.2, 0.25) is 0 Å². The zero-order valence-corrected chi connectivity index (χ0v) is 9.98. The Morgan fingerprint density at radius 2 is 2.12 bits per heavy atom. The standard InChI is InChI=1S/C15H16O2/c1-2-15-8-7-12-11(4-6-14(12)17)13(15)5-3-10(16)9-15/h3-7,11,13H,2,8-9H2,1H3/t11-,13+,15+/m0/s1. The fourth-order valence-corrected chi connectivity index (χ4v) is 3.57. The molecule has 0 aromatic heterocycles. The van der Waals surface area contributed by atoms with Crippen LogP contribution >= 0.6 is 0 Å². The van der Waals surface area contributed by atoms with Crippen molar-refractivity contribution in [2.75, 3.05) is 0 Å². The summed E-state index contributed by atoms with van der Waals surface area (Å²) in [4.78, 5) is 23.3. The maximum absolute atomic E-state index is 11.7. The van der Waals surface area contributed by atoms with Gasteiger partial charge in [0.2, 0.25) is 0 Å². The Hall–Kier alpha value is -1.44. The van der Waals surface area contributed by atoms with Crippen molar-refractivity contribution in [2.24, 2.45) is 17.3 Å². The third-order valence-corrected chi connectivity index (χ3v) is 4.64. The van der Waals surface area contributed by atoms with Crippen molar-refractivity contribution in [2.45, 2.75) is 26.2 Å². The Morgan fingerprint density at radius 1 is 1.29 bits per heavy atom. The molecule has 0 fully saturated rings. The van der Waals surface area contributed by atoms with E-state index in [0.29, 0.717) is 12.3 Å². The third kappa shape index (κ3) is 1.40. The van der Waals surface area contributed by atoms with Gasteiger partial charge in [0.25, 0.3) is 0 Å². The molecule has 0 bridgehead atoms. The summed E-state index contributed by atoms with van der Waals surface area (Å²) in [6.45, 7) is 2.15. The molecule has 0 saturated heterocycles. The van der Waals surface area contributed by atoms with E-state index in [1.54, 1.807) is 12.2 Å². The first-order valence-electron chi connectivity index (χ1n) is 6.30. The molecule has 0 N–H and O–H groups in total. The second-order valence-corrected chi connectivity index (χ2v) is 5.36. The Morgan fingerprint density at radius 3 is 2.88 bits per heavy atom. The summed E-state index contributed by atoms with van der Waals surface area (Å²) in [5.41, 5.74) is 0.993. The van der Waals surface area contributed by atoms with Crippen molar-refractivity contribution < 1.29 is 9.59 Å². The van der Waals surface area contributed by atoms with E-state index in [0.717, 1.165) is 18.4 Å². The van der Waals surface area contributed by atoms with Gasteiger partial charge in [-0.05, 0) is 36.3 Å². The van der Waals surface area contributed by atoms with Gasteiger partial charge in [-0.25, -0.2) is 0 Å². The van der Waals surface area contributed by atoms with Crippen LogP contribution in [0.4, 0.5) is 0 Å². The van der Waals surface area contributed by atoms with Crippen molar-refractivity contribution in [1.29, 1.82) is 0 Å². The minimum atomic E-state index is 0.0506. The van der Waals surface area contributed by atoms with Gasteiger partial charge in [-0.3, -0.25) is 9.59 Å². The zero-order valence-electron chi connectivity index (χ0n) is 9.98. The second kappa shape index (κ2) is 3.52. The molecule has 2 heteroatoms. The normalized spacial score (nSPS) is 39.0. The van der Waals surface area contributed by atoms with Crippen molar-refractivity contribution in [1.82, 2.24) is 0 Å². The lowest BCUT2D eigenvalue weighted by atomic mass is 9.57. The Labute approximate surface area is 101 Å². The van der Waals surface area contributed by atoms with Crippen LogP contribution in [0.15, 0.2) is 36.0 Å². The van der Waals surface area contributed by atoms with Gasteiger partial charge in [0, 0.05) is 17.9 Å². The van der Waals surface area contributed by atoms with E-state index in [1.165, 1.54) is 0 Å². The minimum Gasteiger partial charge on any atom is -0.295 e. The second-order valence-electron chi connectivity index (χ2n) is 5.36. The van der Waals surface area contributed by atoms with Crippen LogP contribution < -0.4 is 0 Å². The van der Waals surface area contributed by atoms with Crippen molar-refractivity contribution >= 4 is 11.6 Å². The molecule has 0 spiro atoms. The Bertz CT molecular complexity index is 481. The molecule has 0 amide bonds. The first-order chi connectivity index (χ1) is 8.16. The van der Waals surface area contributed by atoms with Gasteiger partial charge in [0.1, 0.15) is 0 Å². The SMILES string of the molecule is CC[C@]12CC=C3C(=O)C=C[C@@H]3[C@H]1C=CC(=O)C2. The number of ketones is 2. The maximum Gasteiger partial charge on any atom is 0.181 e. The van der Waals surface area contributed by atoms with E-state index in [-0.39, 0.29) is 22.9 Å². The first-order valence-corrected chi connectivity index (χ1v) is 6.30. The summed E-state index contributed by atoms with van der Waals surface area (Å²) in [5, 5.41) is 0. The molecule has 0 saturated carbocycles. The van der Waals surface area contributed by atoms with E-state index < -0.39 is 0 Å². The van der Waals surface area contributed by atoms with Crippen LogP contribution in [0.3, 0.4) is 0 Å². The number of fused-ring (bicyclic) bond motifs is 3. The van der Waals surface area contributed by atoms with Gasteiger partial charge in [0.05, 0.1) is 0 Å². The number of rotatable bonds is 1. The summed E-state index contributed by atoms with van der Waals surface area (Å²) in [6.07, 6.45) is 12.0. The molecule has 17 heavy (non-hydrogen) atoms. The summed E-state index contributed by atoms with van der Waals surface area (Å²) >= 11 is 0. The number of carbonyl (C=O) groups excluding carboxylic acids is 2. The predicted octanol–water partition coefficient (Wildman–Crippen LogP) is 2.61. The Balaban J connectivity index is 2.07. The van der Waals surface area contributed by atoms with Crippen LogP contribution in [-0.2, 0) is 9.59 Å². The molecule has 3 rings (SSSR count). The summed E-state index contributed by atoms with van der Waals surface area (Å²) in [5.74, 6) is 0.923. The number of allylic oxidation sites excluding steroid dienone is 6. The highest BCUT2D eigenvalue weighted by atomic mass is 16.1. The van der Waals surface area contributed by atoms with E-state index in [4.69, 9.17) is 0 Å². The molecule has 0 heterocycles. The van der Waals surface area contributed by atoms with Crippen LogP contribution in [0.1, 0.15) is 26.2 Å². The average molecular weight is 228 g/mol. The van der Waals surface area contributed by atoms with E-state index in [9.17, 15) is 9.59 Å². The topological polar surface area (TPSA) is 34.1 Å². The quantitative estimate of drug-likeness (QED) is 0.691. The molecule has 88 valence electrons. The molecule has 0 radical (unpaired) electrons. The van der Waals surface area contributed by atoms with Gasteiger partial charge in [-0.15, -0.1) is 0 Å². The fraction of sp³-hybridized carbons (Fsp3) is 0.467. The molecule has 3 aliphatic rings. The number of carbonyl (C=O) groups is 2. The van der Waals surface area contributed by atoms with Gasteiger partial charge in [0.15, 0.2) is 11.6 Å². The lowest BCUT2D eigenvalue weighted by Crippen LogP contribution is -2.40. The zero-order chi connectivity index (χ0) is 12.0. The molecule has 0 aliphatic heterocycles. The fourth-order valence-electron chi connectivity index (χ4n) is 3.57. The largest absolute Gasteiger partial charge is 0.295 e. The van der Waals surface area contributed by atoms with Crippen molar-refractivity contribution in [3.63, 3.8) is 0 Å². The molecule has 0 aromatic rings. The summed E-state index contributed by atoms with van der Waals surface area (Å²) < 4.78 is 0. The summed E-state index contributed by atoms with van der Waals surface area (Å²) in [7, 11) is 0. The summed E-state index contributed by atoms with van der Waals surface area (Å²) in [6, 6.07) is 0. The molecule has 3 atom stereocenters. The highest BCUT2D eigenvalue weighted by Gasteiger charge is 2.47. The van der Waals surface area contributed by atoms with Crippen LogP contribution in [0, 0.1) is 17.3 Å².